The van der Waals surface area contributed by atoms with Gasteiger partial charge >= 0.3 is 12.1 Å². The average Bonchev–Trinajstić information content (AvgIpc) is 2.87. The van der Waals surface area contributed by atoms with Gasteiger partial charge in [0.1, 0.15) is 11.7 Å². The molecule has 1 aromatic heterocycles. The molecule has 0 aromatic carbocycles. The maximum absolute atomic E-state index is 11.9. The maximum Gasteiger partial charge on any atom is 0.408 e. The number of aliphatic hydroxyl groups is 1. The van der Waals surface area contributed by atoms with Crippen LogP contribution >= 0.6 is 11.3 Å². The van der Waals surface area contributed by atoms with E-state index in [1.165, 1.54) is 11.3 Å². The predicted molar refractivity (Wildman–Crippen MR) is 79.1 cm³/mol. The van der Waals surface area contributed by atoms with Gasteiger partial charge in [0, 0.05) is 4.88 Å². The smallest absolute Gasteiger partial charge is 0.408 e. The standard InChI is InChI=1S/C14H21NO5S/c1-5-19-12(17)10(11(16)9-7-6-8-21-9)15-13(18)20-14(2,3)4/h6-8,10-11,16H,5H2,1-4H3,(H,15,18)/t10-,11-/m0/s1. The van der Waals surface area contributed by atoms with Crippen LogP contribution in [0.4, 0.5) is 4.79 Å². The molecule has 0 fully saturated rings. The van der Waals surface area contributed by atoms with Crippen LogP contribution in [0.15, 0.2) is 17.5 Å². The minimum atomic E-state index is -1.21. The molecule has 7 heteroatoms. The number of nitrogens with one attached hydrogen (secondary N) is 1. The van der Waals surface area contributed by atoms with E-state index in [0.717, 1.165) is 0 Å². The van der Waals surface area contributed by atoms with E-state index in [1.807, 2.05) is 0 Å². The number of carbonyl (C=O) groups is 2. The molecule has 2 N–H and O–H groups in total. The molecule has 118 valence electrons. The van der Waals surface area contributed by atoms with Gasteiger partial charge in [0.05, 0.1) is 6.61 Å². The van der Waals surface area contributed by atoms with E-state index in [-0.39, 0.29) is 6.61 Å². The lowest BCUT2D eigenvalue weighted by atomic mass is 10.1. The minimum absolute atomic E-state index is 0.155. The molecule has 21 heavy (non-hydrogen) atoms. The number of alkyl carbamates (subject to hydrolysis) is 1. The number of hydrogen-bond acceptors (Lipinski definition) is 6. The van der Waals surface area contributed by atoms with Crippen LogP contribution in [0.1, 0.15) is 38.7 Å². The van der Waals surface area contributed by atoms with Crippen LogP contribution in [0.5, 0.6) is 0 Å². The van der Waals surface area contributed by atoms with Crippen LogP contribution in [-0.4, -0.2) is 35.4 Å². The van der Waals surface area contributed by atoms with Crippen molar-refractivity contribution in [3.63, 3.8) is 0 Å². The van der Waals surface area contributed by atoms with Crippen molar-refractivity contribution in [2.75, 3.05) is 6.61 Å². The maximum atomic E-state index is 11.9. The largest absolute Gasteiger partial charge is 0.464 e. The summed E-state index contributed by atoms with van der Waals surface area (Å²) in [5.74, 6) is -0.704. The Hall–Kier alpha value is -1.60. The van der Waals surface area contributed by atoms with Crippen LogP contribution < -0.4 is 5.32 Å². The van der Waals surface area contributed by atoms with Crippen LogP contribution in [0.2, 0.25) is 0 Å². The highest BCUT2D eigenvalue weighted by Gasteiger charge is 2.33. The second-order valence-electron chi connectivity index (χ2n) is 5.34. The van der Waals surface area contributed by atoms with Crippen molar-refractivity contribution in [3.8, 4) is 0 Å². The first-order valence-electron chi connectivity index (χ1n) is 6.62. The highest BCUT2D eigenvalue weighted by atomic mass is 32.1. The molecule has 0 saturated heterocycles. The van der Waals surface area contributed by atoms with Gasteiger partial charge in [0.2, 0.25) is 0 Å². The Bertz CT molecular complexity index is 466. The van der Waals surface area contributed by atoms with Gasteiger partial charge in [-0.05, 0) is 39.1 Å². The first-order chi connectivity index (χ1) is 9.74. The van der Waals surface area contributed by atoms with Crippen molar-refractivity contribution in [2.24, 2.45) is 0 Å². The summed E-state index contributed by atoms with van der Waals surface area (Å²) in [6.45, 7) is 6.94. The molecule has 0 bridgehead atoms. The molecule has 1 amide bonds. The zero-order valence-electron chi connectivity index (χ0n) is 12.6. The molecule has 0 aliphatic rings. The molecule has 0 spiro atoms. The van der Waals surface area contributed by atoms with Gasteiger partial charge in [-0.1, -0.05) is 6.07 Å². The molecular formula is C14H21NO5S. The first-order valence-corrected chi connectivity index (χ1v) is 7.50. The number of ether oxygens (including phenoxy) is 2. The summed E-state index contributed by atoms with van der Waals surface area (Å²) in [6.07, 6.45) is -1.97. The molecule has 6 nitrogen and oxygen atoms in total. The molecule has 0 aliphatic carbocycles. The van der Waals surface area contributed by atoms with Gasteiger partial charge < -0.3 is 19.9 Å². The van der Waals surface area contributed by atoms with Crippen molar-refractivity contribution in [1.82, 2.24) is 5.32 Å². The van der Waals surface area contributed by atoms with E-state index in [4.69, 9.17) is 9.47 Å². The fourth-order valence-corrected chi connectivity index (χ4v) is 2.30. The molecule has 1 heterocycles. The van der Waals surface area contributed by atoms with E-state index >= 15 is 0 Å². The third-order valence-electron chi connectivity index (χ3n) is 2.36. The average molecular weight is 315 g/mol. The molecule has 0 saturated carbocycles. The summed E-state index contributed by atoms with van der Waals surface area (Å²) in [6, 6.07) is 2.22. The second-order valence-corrected chi connectivity index (χ2v) is 6.32. The lowest BCUT2D eigenvalue weighted by Gasteiger charge is -2.25. The first kappa shape index (κ1) is 17.5. The molecule has 1 rings (SSSR count). The van der Waals surface area contributed by atoms with Crippen molar-refractivity contribution in [1.29, 1.82) is 0 Å². The van der Waals surface area contributed by atoms with Crippen molar-refractivity contribution in [2.45, 2.75) is 45.4 Å². The van der Waals surface area contributed by atoms with E-state index in [1.54, 1.807) is 45.2 Å². The van der Waals surface area contributed by atoms with Crippen molar-refractivity contribution < 1.29 is 24.2 Å². The van der Waals surface area contributed by atoms with Gasteiger partial charge in [-0.2, -0.15) is 0 Å². The molecule has 0 unspecified atom stereocenters. The minimum Gasteiger partial charge on any atom is -0.464 e. The molecular weight excluding hydrogens is 294 g/mol. The number of aliphatic hydroxyl groups excluding tert-OH is 1. The number of amides is 1. The topological polar surface area (TPSA) is 84.9 Å². The van der Waals surface area contributed by atoms with Crippen molar-refractivity contribution in [3.05, 3.63) is 22.4 Å². The number of thiophene rings is 1. The van der Waals surface area contributed by atoms with E-state index in [2.05, 4.69) is 5.32 Å². The Balaban J connectivity index is 2.82. The lowest BCUT2D eigenvalue weighted by molar-refractivity contribution is -0.148. The van der Waals surface area contributed by atoms with Gasteiger partial charge in [0.15, 0.2) is 6.04 Å². The van der Waals surface area contributed by atoms with Gasteiger partial charge in [-0.15, -0.1) is 11.3 Å². The third kappa shape index (κ3) is 5.73. The number of carbonyl (C=O) groups excluding carboxylic acids is 2. The molecule has 0 aliphatic heterocycles. The SMILES string of the molecule is CCOC(=O)[C@@H](NC(=O)OC(C)(C)C)[C@@H](O)c1cccs1. The predicted octanol–water partition coefficient (Wildman–Crippen LogP) is 2.24. The summed E-state index contributed by atoms with van der Waals surface area (Å²) in [5.41, 5.74) is -0.697. The quantitative estimate of drug-likeness (QED) is 0.814. The van der Waals surface area contributed by atoms with Gasteiger partial charge in [0.25, 0.3) is 0 Å². The van der Waals surface area contributed by atoms with Crippen molar-refractivity contribution >= 4 is 23.4 Å². The molecule has 0 radical (unpaired) electrons. The summed E-state index contributed by atoms with van der Waals surface area (Å²) < 4.78 is 9.99. The summed E-state index contributed by atoms with van der Waals surface area (Å²) in [5, 5.41) is 14.4. The van der Waals surface area contributed by atoms with Crippen LogP contribution in [0.3, 0.4) is 0 Å². The summed E-state index contributed by atoms with van der Waals surface area (Å²) >= 11 is 1.29. The zero-order valence-corrected chi connectivity index (χ0v) is 13.4. The number of rotatable bonds is 5. The molecule has 1 aromatic rings. The fraction of sp³-hybridized carbons (Fsp3) is 0.571. The Morgan fingerprint density at radius 1 is 1.43 bits per heavy atom. The Kier molecular flexibility index (Phi) is 6.17. The fourth-order valence-electron chi connectivity index (χ4n) is 1.56. The second kappa shape index (κ2) is 7.42. The molecule has 2 atom stereocenters. The normalized spacial score (nSPS) is 14.1. The van der Waals surface area contributed by atoms with Gasteiger partial charge in [-0.25, -0.2) is 9.59 Å². The Morgan fingerprint density at radius 3 is 2.57 bits per heavy atom. The number of hydrogen-bond donors (Lipinski definition) is 2. The lowest BCUT2D eigenvalue weighted by Crippen LogP contribution is -2.47. The van der Waals surface area contributed by atoms with Crippen LogP contribution in [-0.2, 0) is 14.3 Å². The zero-order chi connectivity index (χ0) is 16.0. The van der Waals surface area contributed by atoms with Crippen LogP contribution in [0, 0.1) is 0 Å². The van der Waals surface area contributed by atoms with Gasteiger partial charge in [-0.3, -0.25) is 0 Å². The highest BCUT2D eigenvalue weighted by molar-refractivity contribution is 7.10. The van der Waals surface area contributed by atoms with E-state index < -0.39 is 29.8 Å². The summed E-state index contributed by atoms with van der Waals surface area (Å²) in [7, 11) is 0. The number of esters is 1. The summed E-state index contributed by atoms with van der Waals surface area (Å²) in [4.78, 5) is 24.3. The highest BCUT2D eigenvalue weighted by Crippen LogP contribution is 2.23. The van der Waals surface area contributed by atoms with E-state index in [0.29, 0.717) is 4.88 Å². The third-order valence-corrected chi connectivity index (χ3v) is 3.31. The Labute approximate surface area is 128 Å². The Morgan fingerprint density at radius 2 is 2.10 bits per heavy atom. The van der Waals surface area contributed by atoms with Crippen LogP contribution in [0.25, 0.3) is 0 Å². The monoisotopic (exact) mass is 315 g/mol. The van der Waals surface area contributed by atoms with E-state index in [9.17, 15) is 14.7 Å².